The highest BCUT2D eigenvalue weighted by molar-refractivity contribution is 5.99. The normalized spacial score (nSPS) is 25.3. The predicted octanol–water partition coefficient (Wildman–Crippen LogP) is 0.304. The van der Waals surface area contributed by atoms with E-state index in [-0.39, 0.29) is 11.8 Å². The van der Waals surface area contributed by atoms with Crippen molar-refractivity contribution in [1.82, 2.24) is 4.90 Å². The van der Waals surface area contributed by atoms with Gasteiger partial charge in [0.05, 0.1) is 25.4 Å². The number of rotatable bonds is 4. The number of carbonyl (C=O) groups is 1. The van der Waals surface area contributed by atoms with Crippen molar-refractivity contribution in [2.75, 3.05) is 20.2 Å². The molecule has 1 aliphatic rings. The highest BCUT2D eigenvalue weighted by atomic mass is 16.5. The average molecular weight is 265 g/mol. The third-order valence-electron chi connectivity index (χ3n) is 3.59. The van der Waals surface area contributed by atoms with Crippen molar-refractivity contribution in [2.45, 2.75) is 25.2 Å². The molecule has 0 spiro atoms. The number of likely N-dealkylation sites (tertiary alicyclic amines) is 1. The highest BCUT2D eigenvalue weighted by Gasteiger charge is 2.34. The molecule has 0 aromatic heterocycles. The minimum absolute atomic E-state index is 0.0241. The standard InChI is InChI=1S/C14H19NO4/c1-9(15-7-12(16)13(17)8-15)14(18)10-3-5-11(19-2)6-4-10/h3-6,9,12-13,16-17H,7-8H2,1-2H3. The number of β-amino-alcohol motifs (C(OH)–C–C–N with tert-alkyl or cyclic N) is 2. The first kappa shape index (κ1) is 14.0. The molecule has 1 aliphatic heterocycles. The van der Waals surface area contributed by atoms with Gasteiger partial charge in [0.1, 0.15) is 5.75 Å². The summed E-state index contributed by atoms with van der Waals surface area (Å²) in [5, 5.41) is 19.0. The summed E-state index contributed by atoms with van der Waals surface area (Å²) in [6.07, 6.45) is -1.54. The smallest absolute Gasteiger partial charge is 0.179 e. The number of hydrogen-bond acceptors (Lipinski definition) is 5. The molecule has 104 valence electrons. The van der Waals surface area contributed by atoms with E-state index in [1.165, 1.54) is 0 Å². The van der Waals surface area contributed by atoms with Gasteiger partial charge in [0.15, 0.2) is 5.78 Å². The fourth-order valence-electron chi connectivity index (χ4n) is 2.28. The summed E-state index contributed by atoms with van der Waals surface area (Å²) in [5.41, 5.74) is 0.601. The minimum Gasteiger partial charge on any atom is -0.497 e. The maximum atomic E-state index is 12.3. The number of benzene rings is 1. The average Bonchev–Trinajstić information content (AvgIpc) is 2.77. The van der Waals surface area contributed by atoms with Crippen molar-refractivity contribution in [3.05, 3.63) is 29.8 Å². The zero-order valence-electron chi connectivity index (χ0n) is 11.1. The second-order valence-corrected chi connectivity index (χ2v) is 4.86. The lowest BCUT2D eigenvalue weighted by Gasteiger charge is -2.22. The number of aliphatic hydroxyl groups excluding tert-OH is 2. The van der Waals surface area contributed by atoms with Crippen LogP contribution in [0.25, 0.3) is 0 Å². The lowest BCUT2D eigenvalue weighted by atomic mass is 10.0. The molecular formula is C14H19NO4. The number of carbonyl (C=O) groups excluding carboxylic acids is 1. The first-order valence-corrected chi connectivity index (χ1v) is 6.31. The van der Waals surface area contributed by atoms with E-state index in [9.17, 15) is 15.0 Å². The van der Waals surface area contributed by atoms with E-state index in [1.54, 1.807) is 43.2 Å². The van der Waals surface area contributed by atoms with Crippen LogP contribution in [0.15, 0.2) is 24.3 Å². The van der Waals surface area contributed by atoms with Crippen LogP contribution in [0.4, 0.5) is 0 Å². The van der Waals surface area contributed by atoms with Crippen LogP contribution in [0.2, 0.25) is 0 Å². The fraction of sp³-hybridized carbons (Fsp3) is 0.500. The second kappa shape index (κ2) is 5.69. The van der Waals surface area contributed by atoms with Crippen LogP contribution in [0.3, 0.4) is 0 Å². The SMILES string of the molecule is COc1ccc(C(=O)C(C)N2CC(O)C(O)C2)cc1. The van der Waals surface area contributed by atoms with Gasteiger partial charge in [-0.2, -0.15) is 0 Å². The molecule has 0 saturated carbocycles. The Morgan fingerprint density at radius 3 is 2.26 bits per heavy atom. The van der Waals surface area contributed by atoms with Crippen molar-refractivity contribution in [3.8, 4) is 5.75 Å². The summed E-state index contributed by atoms with van der Waals surface area (Å²) in [4.78, 5) is 14.1. The van der Waals surface area contributed by atoms with Crippen molar-refractivity contribution >= 4 is 5.78 Å². The summed E-state index contributed by atoms with van der Waals surface area (Å²) >= 11 is 0. The summed E-state index contributed by atoms with van der Waals surface area (Å²) in [5.74, 6) is 0.681. The first-order chi connectivity index (χ1) is 9.02. The Morgan fingerprint density at radius 2 is 1.79 bits per heavy atom. The van der Waals surface area contributed by atoms with Gasteiger partial charge in [0, 0.05) is 18.7 Å². The molecule has 3 unspecified atom stereocenters. The summed E-state index contributed by atoms with van der Waals surface area (Å²) in [6.45, 7) is 2.44. The Kier molecular flexibility index (Phi) is 4.19. The largest absolute Gasteiger partial charge is 0.497 e. The van der Waals surface area contributed by atoms with E-state index in [2.05, 4.69) is 0 Å². The van der Waals surface area contributed by atoms with Crippen LogP contribution in [0.1, 0.15) is 17.3 Å². The molecule has 5 heteroatoms. The van der Waals surface area contributed by atoms with Crippen LogP contribution in [-0.4, -0.2) is 59.3 Å². The van der Waals surface area contributed by atoms with Gasteiger partial charge < -0.3 is 14.9 Å². The van der Waals surface area contributed by atoms with Gasteiger partial charge in [-0.15, -0.1) is 0 Å². The molecule has 19 heavy (non-hydrogen) atoms. The quantitative estimate of drug-likeness (QED) is 0.766. The molecule has 0 bridgehead atoms. The molecule has 5 nitrogen and oxygen atoms in total. The van der Waals surface area contributed by atoms with Gasteiger partial charge >= 0.3 is 0 Å². The molecule has 1 saturated heterocycles. The summed E-state index contributed by atoms with van der Waals surface area (Å²) < 4.78 is 5.05. The summed E-state index contributed by atoms with van der Waals surface area (Å²) in [7, 11) is 1.58. The molecule has 0 amide bonds. The van der Waals surface area contributed by atoms with E-state index < -0.39 is 12.2 Å². The molecule has 1 fully saturated rings. The molecule has 1 aromatic carbocycles. The first-order valence-electron chi connectivity index (χ1n) is 6.31. The zero-order chi connectivity index (χ0) is 14.0. The van der Waals surface area contributed by atoms with Gasteiger partial charge in [-0.05, 0) is 31.2 Å². The van der Waals surface area contributed by atoms with Gasteiger partial charge in [-0.1, -0.05) is 0 Å². The summed E-state index contributed by atoms with van der Waals surface area (Å²) in [6, 6.07) is 6.57. The molecular weight excluding hydrogens is 246 g/mol. The molecule has 0 aliphatic carbocycles. The Bertz CT molecular complexity index is 435. The monoisotopic (exact) mass is 265 g/mol. The van der Waals surface area contributed by atoms with Crippen LogP contribution in [0, 0.1) is 0 Å². The van der Waals surface area contributed by atoms with Crippen molar-refractivity contribution in [1.29, 1.82) is 0 Å². The van der Waals surface area contributed by atoms with E-state index in [4.69, 9.17) is 4.74 Å². The van der Waals surface area contributed by atoms with Crippen LogP contribution < -0.4 is 4.74 Å². The molecule has 3 atom stereocenters. The lowest BCUT2D eigenvalue weighted by molar-refractivity contribution is 0.0572. The molecule has 2 N–H and O–H groups in total. The van der Waals surface area contributed by atoms with E-state index in [0.29, 0.717) is 24.4 Å². The maximum Gasteiger partial charge on any atom is 0.179 e. The topological polar surface area (TPSA) is 70.0 Å². The van der Waals surface area contributed by atoms with Crippen molar-refractivity contribution < 1.29 is 19.7 Å². The van der Waals surface area contributed by atoms with E-state index >= 15 is 0 Å². The van der Waals surface area contributed by atoms with Gasteiger partial charge in [-0.25, -0.2) is 0 Å². The van der Waals surface area contributed by atoms with Gasteiger partial charge in [0.2, 0.25) is 0 Å². The third-order valence-corrected chi connectivity index (χ3v) is 3.59. The molecule has 1 heterocycles. The Labute approximate surface area is 112 Å². The number of aliphatic hydroxyl groups is 2. The number of nitrogens with zero attached hydrogens (tertiary/aromatic N) is 1. The zero-order valence-corrected chi connectivity index (χ0v) is 11.1. The molecule has 2 rings (SSSR count). The number of hydrogen-bond donors (Lipinski definition) is 2. The Balaban J connectivity index is 2.06. The van der Waals surface area contributed by atoms with Gasteiger partial charge in [0.25, 0.3) is 0 Å². The maximum absolute atomic E-state index is 12.3. The molecule has 0 radical (unpaired) electrons. The number of ether oxygens (including phenoxy) is 1. The third kappa shape index (κ3) is 2.94. The molecule has 1 aromatic rings. The number of methoxy groups -OCH3 is 1. The van der Waals surface area contributed by atoms with Gasteiger partial charge in [-0.3, -0.25) is 9.69 Å². The highest BCUT2D eigenvalue weighted by Crippen LogP contribution is 2.18. The van der Waals surface area contributed by atoms with Crippen molar-refractivity contribution in [3.63, 3.8) is 0 Å². The van der Waals surface area contributed by atoms with E-state index in [0.717, 1.165) is 0 Å². The fourth-order valence-corrected chi connectivity index (χ4v) is 2.28. The minimum atomic E-state index is -0.772. The van der Waals surface area contributed by atoms with E-state index in [1.807, 2.05) is 0 Å². The van der Waals surface area contributed by atoms with Crippen LogP contribution in [-0.2, 0) is 0 Å². The predicted molar refractivity (Wildman–Crippen MR) is 70.4 cm³/mol. The number of ketones is 1. The number of Topliss-reactive ketones (excluding diaryl/α,β-unsaturated/α-hetero) is 1. The van der Waals surface area contributed by atoms with Crippen LogP contribution in [0.5, 0.6) is 5.75 Å². The lowest BCUT2D eigenvalue weighted by Crippen LogP contribution is -2.38. The van der Waals surface area contributed by atoms with Crippen LogP contribution >= 0.6 is 0 Å². The van der Waals surface area contributed by atoms with Crippen molar-refractivity contribution in [2.24, 2.45) is 0 Å². The second-order valence-electron chi connectivity index (χ2n) is 4.86. The Morgan fingerprint density at radius 1 is 1.26 bits per heavy atom. The Hall–Kier alpha value is -1.43.